The lowest BCUT2D eigenvalue weighted by atomic mass is 9.95. The first-order valence-electron chi connectivity index (χ1n) is 33.2. The van der Waals surface area contributed by atoms with Gasteiger partial charge in [0.15, 0.2) is 0 Å². The van der Waals surface area contributed by atoms with Crippen molar-refractivity contribution in [3.05, 3.63) is 154 Å². The van der Waals surface area contributed by atoms with Crippen molar-refractivity contribution in [1.29, 1.82) is 0 Å². The van der Waals surface area contributed by atoms with E-state index in [-0.39, 0.29) is 69.0 Å². The molecule has 0 aliphatic carbocycles. The molecule has 5 heterocycles. The van der Waals surface area contributed by atoms with Gasteiger partial charge in [0.25, 0.3) is 0 Å². The van der Waals surface area contributed by atoms with Gasteiger partial charge in [-0.2, -0.15) is 23.5 Å². The molecule has 1 saturated heterocycles. The number of nitrogens with zero attached hydrogens (tertiary/aromatic N) is 2. The lowest BCUT2D eigenvalue weighted by Gasteiger charge is -2.36. The number of hydrogen-bond donors (Lipinski definition) is 13. The van der Waals surface area contributed by atoms with E-state index in [9.17, 15) is 42.7 Å². The van der Waals surface area contributed by atoms with Crippen LogP contribution in [0.3, 0.4) is 0 Å². The molecule has 0 unspecified atom stereocenters. The van der Waals surface area contributed by atoms with Gasteiger partial charge in [-0.1, -0.05) is 41.9 Å². The van der Waals surface area contributed by atoms with E-state index in [0.717, 1.165) is 11.1 Å². The quantitative estimate of drug-likeness (QED) is 0.0606. The highest BCUT2D eigenvalue weighted by Crippen LogP contribution is 2.32. The molecule has 0 saturated carbocycles. The molecular weight excluding hydrogens is 1370 g/mol. The van der Waals surface area contributed by atoms with Crippen molar-refractivity contribution < 1.29 is 68.0 Å². The lowest BCUT2D eigenvalue weighted by Crippen LogP contribution is -2.62. The predicted molar refractivity (Wildman–Crippen MR) is 380 cm³/mol. The lowest BCUT2D eigenvalue weighted by molar-refractivity contribution is -0.146. The molecule has 14 N–H and O–H groups in total. The fourth-order valence-corrected chi connectivity index (χ4v) is 14.3. The third kappa shape index (κ3) is 20.6. The van der Waals surface area contributed by atoms with Crippen LogP contribution in [0.15, 0.2) is 104 Å². The highest BCUT2D eigenvalue weighted by molar-refractivity contribution is 7.98. The van der Waals surface area contributed by atoms with Crippen LogP contribution in [-0.2, 0) is 85.1 Å². The summed E-state index contributed by atoms with van der Waals surface area (Å²) < 4.78 is 35.3. The third-order valence-corrected chi connectivity index (χ3v) is 20.1. The fourth-order valence-electron chi connectivity index (χ4n) is 12.3. The van der Waals surface area contributed by atoms with E-state index >= 15 is 19.2 Å². The third-order valence-electron chi connectivity index (χ3n) is 17.7. The normalized spacial score (nSPS) is 22.7. The molecule has 0 spiro atoms. The second kappa shape index (κ2) is 35.7. The standard InChI is InChI=1S/C70H83ClF2N14O12S2.H2/c1-39-62(91)82-54(27-43-33-77-51-14-12-45(72)29-48(43)51)64(93)83-55(28-44-34-78-52-15-13-46(73)30-49(44)52)65(94)85-57(32-61(89)90)67(96)84-56(31-47-35-75-38-79-47)66(95)86-58(26-40-11-16-59(99-3)50(71)25-40)68(97)87-21-7-18-70(87,2)69(98)76-20-23-101-37-42-9-6-8-41(24-42)36-100-22-17-60(88)81-53(63(92)80-39)10-4-5-19-74;/h6,8-9,11-16,24-25,29-30,33-35,38-39,53-58,77-78H,4-5,7,10,17-23,26-28,31-32,36-37,74H2,1-3H3,(H,75,79)(H,76,98)(H,80,92)(H,81,88)(H,82,91)(H,83,93)(H,84,96)(H,85,94)(H,86,95)(H,89,90);1H/t39-,53+,54+,55+,56+,57+,58+,70+;/m1./s1. The number of imidazole rings is 1. The van der Waals surface area contributed by atoms with Crippen LogP contribution in [0.25, 0.3) is 21.8 Å². The average molecular weight is 1450 g/mol. The fraction of sp³-hybridized carbons (Fsp3) is 0.414. The summed E-state index contributed by atoms with van der Waals surface area (Å²) in [5.41, 5.74) is 8.69. The summed E-state index contributed by atoms with van der Waals surface area (Å²) in [6.45, 7) is 3.70. The number of nitrogens with two attached hydrogens (primary N) is 1. The number of thioether (sulfide) groups is 2. The number of unbranched alkanes of at least 4 members (excludes halogenated alkanes) is 1. The zero-order valence-electron chi connectivity index (χ0n) is 55.9. The number of ether oxygens (including phenoxy) is 1. The summed E-state index contributed by atoms with van der Waals surface area (Å²) in [6.07, 6.45) is 5.05. The molecule has 101 heavy (non-hydrogen) atoms. The molecule has 1 fully saturated rings. The zero-order chi connectivity index (χ0) is 72.3. The number of hydrogen-bond acceptors (Lipinski definition) is 15. The van der Waals surface area contributed by atoms with Crippen LogP contribution in [0.5, 0.6) is 5.75 Å². The number of benzene rings is 4. The van der Waals surface area contributed by atoms with Gasteiger partial charge in [-0.25, -0.2) is 13.8 Å². The molecule has 3 aromatic heterocycles. The molecule has 7 aromatic rings. The Bertz CT molecular complexity index is 4150. The summed E-state index contributed by atoms with van der Waals surface area (Å²) in [5, 5.41) is 32.8. The maximum absolute atomic E-state index is 15.2. The minimum absolute atomic E-state index is 0. The second-order valence-corrected chi connectivity index (χ2v) is 27.8. The minimum Gasteiger partial charge on any atom is -0.495 e. The predicted octanol–water partition coefficient (Wildman–Crippen LogP) is 4.91. The van der Waals surface area contributed by atoms with Crippen molar-refractivity contribution in [3.63, 3.8) is 0 Å². The molecule has 9 amide bonds. The monoisotopic (exact) mass is 1450 g/mol. The van der Waals surface area contributed by atoms with Crippen LogP contribution < -0.4 is 53.0 Å². The number of methoxy groups -OCH3 is 1. The van der Waals surface area contributed by atoms with Crippen molar-refractivity contribution in [3.8, 4) is 5.75 Å². The Balaban J connectivity index is 0.0000132. The van der Waals surface area contributed by atoms with Crippen LogP contribution in [0.2, 0.25) is 5.02 Å². The summed E-state index contributed by atoms with van der Waals surface area (Å²) in [6, 6.07) is 9.46. The Morgan fingerprint density at radius 1 is 0.693 bits per heavy atom. The van der Waals surface area contributed by atoms with Gasteiger partial charge >= 0.3 is 5.97 Å². The van der Waals surface area contributed by atoms with Gasteiger partial charge in [0, 0.05) is 116 Å². The van der Waals surface area contributed by atoms with E-state index in [1.807, 2.05) is 18.2 Å². The Kier molecular flexibility index (Phi) is 26.7. The van der Waals surface area contributed by atoms with Crippen LogP contribution in [0.4, 0.5) is 8.78 Å². The number of halogens is 3. The van der Waals surface area contributed by atoms with E-state index in [1.54, 1.807) is 36.9 Å². The summed E-state index contributed by atoms with van der Waals surface area (Å²) >= 11 is 9.71. The molecule has 26 nitrogen and oxygen atoms in total. The molecule has 9 rings (SSSR count). The molecule has 2 aliphatic heterocycles. The molecule has 8 atom stereocenters. The number of fused-ring (bicyclic) bond motifs is 5. The van der Waals surface area contributed by atoms with Gasteiger partial charge in [0.05, 0.1) is 24.9 Å². The highest BCUT2D eigenvalue weighted by atomic mass is 35.5. The number of carboxylic acids is 1. The van der Waals surface area contributed by atoms with Gasteiger partial charge < -0.3 is 78.0 Å². The van der Waals surface area contributed by atoms with E-state index in [2.05, 4.69) is 68.5 Å². The van der Waals surface area contributed by atoms with Crippen molar-refractivity contribution >= 4 is 116 Å². The van der Waals surface area contributed by atoms with Gasteiger partial charge in [-0.3, -0.25) is 47.9 Å². The number of amides is 9. The number of aliphatic carboxylic acids is 1. The number of aromatic amines is 3. The SMILES string of the molecule is COc1ccc(C[C@@H]2NC(=O)[C@H](Cc3cnc[nH]3)NC(=O)[C@H](CC(=O)O)NC(=O)[C@H](Cc3c[nH]c4ccc(F)cc34)NC(=O)[C@H](Cc3c[nH]c4ccc(F)cc34)NC(=O)[C@@H](C)NC(=O)[C@H](CCCCN)NC(=O)CCSCc3cccc(c3)CSCCNC(=O)[C@]3(C)CCCN3C2=O)cc1Cl.[HH]. The number of carbonyl (C=O) groups excluding carboxylic acids is 9. The Hall–Kier alpha value is -9.52. The minimum atomic E-state index is -2.02. The van der Waals surface area contributed by atoms with Gasteiger partial charge in [0.1, 0.15) is 65.2 Å². The number of carbonyl (C=O) groups is 10. The summed E-state index contributed by atoms with van der Waals surface area (Å²) in [5.74, 6) is -7.94. The molecule has 0 radical (unpaired) electrons. The molecular formula is C70H85ClF2N14O12S2. The first-order chi connectivity index (χ1) is 48.5. The molecule has 4 aromatic carbocycles. The van der Waals surface area contributed by atoms with E-state index in [0.29, 0.717) is 87.8 Å². The van der Waals surface area contributed by atoms with Crippen LogP contribution in [-0.4, -0.2) is 175 Å². The van der Waals surface area contributed by atoms with Crippen molar-refractivity contribution in [2.24, 2.45) is 5.73 Å². The Morgan fingerprint density at radius 3 is 1.87 bits per heavy atom. The number of carboxylic acid groups (broad SMARTS) is 1. The number of nitrogens with one attached hydrogen (secondary N) is 11. The second-order valence-electron chi connectivity index (χ2n) is 25.2. The number of aromatic nitrogens is 4. The maximum Gasteiger partial charge on any atom is 0.305 e. The van der Waals surface area contributed by atoms with Gasteiger partial charge in [0.2, 0.25) is 53.2 Å². The topological polar surface area (TPSA) is 386 Å². The zero-order valence-corrected chi connectivity index (χ0v) is 58.3. The van der Waals surface area contributed by atoms with E-state index < -0.39 is 131 Å². The Morgan fingerprint density at radius 2 is 1.28 bits per heavy atom. The first-order valence-corrected chi connectivity index (χ1v) is 35.8. The molecule has 540 valence electrons. The highest BCUT2D eigenvalue weighted by Gasteiger charge is 2.48. The number of rotatable bonds is 15. The molecule has 2 aliphatic rings. The van der Waals surface area contributed by atoms with E-state index in [1.165, 1.54) is 92.0 Å². The van der Waals surface area contributed by atoms with Crippen molar-refractivity contribution in [2.75, 3.05) is 38.2 Å². The van der Waals surface area contributed by atoms with Crippen LogP contribution in [0.1, 0.15) is 93.7 Å². The maximum atomic E-state index is 15.2. The largest absolute Gasteiger partial charge is 0.495 e. The first kappa shape index (κ1) is 75.7. The summed E-state index contributed by atoms with van der Waals surface area (Å²) in [7, 11) is 1.43. The van der Waals surface area contributed by atoms with Crippen LogP contribution in [0, 0.1) is 11.6 Å². The smallest absolute Gasteiger partial charge is 0.305 e. The number of H-pyrrole nitrogens is 3. The summed E-state index contributed by atoms with van der Waals surface area (Å²) in [4.78, 5) is 159. The van der Waals surface area contributed by atoms with Gasteiger partial charge in [-0.15, -0.1) is 0 Å². The van der Waals surface area contributed by atoms with Gasteiger partial charge in [-0.05, 0) is 129 Å². The van der Waals surface area contributed by atoms with E-state index in [4.69, 9.17) is 22.1 Å². The van der Waals surface area contributed by atoms with Crippen molar-refractivity contribution in [1.82, 2.24) is 67.4 Å². The average Bonchev–Trinajstić information content (AvgIpc) is 1.61. The Labute approximate surface area is 595 Å². The molecule has 2 bridgehead atoms. The van der Waals surface area contributed by atoms with Crippen molar-refractivity contribution in [2.45, 2.75) is 144 Å². The van der Waals surface area contributed by atoms with Crippen LogP contribution >= 0.6 is 35.1 Å². The molecule has 31 heteroatoms.